The zero-order valence-electron chi connectivity index (χ0n) is 12.7. The van der Waals surface area contributed by atoms with E-state index in [2.05, 4.69) is 10.1 Å². The van der Waals surface area contributed by atoms with Crippen molar-refractivity contribution in [3.05, 3.63) is 11.7 Å². The Labute approximate surface area is 119 Å². The summed E-state index contributed by atoms with van der Waals surface area (Å²) >= 11 is 0. The lowest BCUT2D eigenvalue weighted by Gasteiger charge is -2.24. The van der Waals surface area contributed by atoms with Gasteiger partial charge in [0.1, 0.15) is 6.10 Å². The molecule has 0 aliphatic carbocycles. The maximum atomic E-state index is 11.5. The average Bonchev–Trinajstić information content (AvgIpc) is 2.90. The van der Waals surface area contributed by atoms with Crippen molar-refractivity contribution in [2.75, 3.05) is 6.61 Å². The summed E-state index contributed by atoms with van der Waals surface area (Å²) in [7, 11) is 0. The summed E-state index contributed by atoms with van der Waals surface area (Å²) in [5.74, 6) is 0.0409. The smallest absolute Gasteiger partial charge is 0.310 e. The van der Waals surface area contributed by atoms with Crippen LogP contribution in [-0.4, -0.2) is 27.8 Å². The van der Waals surface area contributed by atoms with Crippen molar-refractivity contribution >= 4 is 5.97 Å². The lowest BCUT2D eigenvalue weighted by Crippen LogP contribution is -2.32. The summed E-state index contributed by atoms with van der Waals surface area (Å²) in [6, 6.07) is 0. The molecule has 1 N–H and O–H groups in total. The van der Waals surface area contributed by atoms with Gasteiger partial charge in [0.2, 0.25) is 11.7 Å². The van der Waals surface area contributed by atoms with E-state index in [0.717, 1.165) is 6.42 Å². The van der Waals surface area contributed by atoms with Crippen molar-refractivity contribution in [2.45, 2.75) is 59.5 Å². The highest BCUT2D eigenvalue weighted by Crippen LogP contribution is 2.31. The molecule has 0 fully saturated rings. The molecule has 0 radical (unpaired) electrons. The van der Waals surface area contributed by atoms with Gasteiger partial charge in [0.25, 0.3) is 0 Å². The molecule has 0 spiro atoms. The zero-order valence-corrected chi connectivity index (χ0v) is 12.7. The number of rotatable bonds is 9. The molecule has 0 bridgehead atoms. The maximum Gasteiger partial charge on any atom is 0.310 e. The number of nitrogens with zero attached hydrogens (tertiary/aromatic N) is 2. The first-order valence-corrected chi connectivity index (χ1v) is 7.20. The standard InChI is InChI=1S/C14H24N2O4/c1-5-10(19-8-4)12-15-11(20-16-12)9-14(6-2,7-3)13(17)18/h10H,5-9H2,1-4H3,(H,17,18). The van der Waals surface area contributed by atoms with Crippen LogP contribution in [0, 0.1) is 5.41 Å². The monoisotopic (exact) mass is 284 g/mol. The van der Waals surface area contributed by atoms with Crippen LogP contribution in [0.4, 0.5) is 0 Å². The molecule has 114 valence electrons. The van der Waals surface area contributed by atoms with Crippen molar-refractivity contribution in [3.63, 3.8) is 0 Å². The molecular weight excluding hydrogens is 260 g/mol. The molecule has 1 aromatic heterocycles. The predicted octanol–water partition coefficient (Wildman–Crippen LogP) is 2.99. The molecule has 1 unspecified atom stereocenters. The van der Waals surface area contributed by atoms with E-state index in [1.54, 1.807) is 0 Å². The van der Waals surface area contributed by atoms with E-state index in [0.29, 0.717) is 31.2 Å². The van der Waals surface area contributed by atoms with Crippen LogP contribution in [0.2, 0.25) is 0 Å². The van der Waals surface area contributed by atoms with Crippen LogP contribution in [0.25, 0.3) is 0 Å². The quantitative estimate of drug-likeness (QED) is 0.750. The van der Waals surface area contributed by atoms with E-state index in [1.807, 2.05) is 27.7 Å². The topological polar surface area (TPSA) is 85.5 Å². The van der Waals surface area contributed by atoms with Gasteiger partial charge in [0, 0.05) is 13.0 Å². The minimum atomic E-state index is -0.836. The van der Waals surface area contributed by atoms with E-state index in [4.69, 9.17) is 9.26 Å². The minimum Gasteiger partial charge on any atom is -0.481 e. The van der Waals surface area contributed by atoms with Gasteiger partial charge in [-0.2, -0.15) is 4.98 Å². The van der Waals surface area contributed by atoms with Crippen molar-refractivity contribution in [1.29, 1.82) is 0 Å². The third kappa shape index (κ3) is 3.56. The highest BCUT2D eigenvalue weighted by Gasteiger charge is 2.37. The average molecular weight is 284 g/mol. The van der Waals surface area contributed by atoms with E-state index >= 15 is 0 Å². The number of aliphatic carboxylic acids is 1. The fourth-order valence-electron chi connectivity index (χ4n) is 2.21. The van der Waals surface area contributed by atoms with Gasteiger partial charge in [-0.15, -0.1) is 0 Å². The van der Waals surface area contributed by atoms with Gasteiger partial charge in [0.05, 0.1) is 5.41 Å². The number of aromatic nitrogens is 2. The lowest BCUT2D eigenvalue weighted by molar-refractivity contribution is -0.149. The second kappa shape index (κ2) is 7.38. The molecule has 0 aromatic carbocycles. The van der Waals surface area contributed by atoms with Gasteiger partial charge in [-0.1, -0.05) is 25.9 Å². The molecule has 1 heterocycles. The Morgan fingerprint density at radius 3 is 2.45 bits per heavy atom. The Kier molecular flexibility index (Phi) is 6.13. The second-order valence-electron chi connectivity index (χ2n) is 4.87. The van der Waals surface area contributed by atoms with Crippen LogP contribution in [0.1, 0.15) is 64.8 Å². The van der Waals surface area contributed by atoms with E-state index in [9.17, 15) is 9.90 Å². The Balaban J connectivity index is 2.88. The molecule has 1 rings (SSSR count). The summed E-state index contributed by atoms with van der Waals surface area (Å²) in [6.07, 6.45) is 1.86. The largest absolute Gasteiger partial charge is 0.481 e. The van der Waals surface area contributed by atoms with Gasteiger partial charge in [-0.25, -0.2) is 0 Å². The lowest BCUT2D eigenvalue weighted by atomic mass is 9.79. The van der Waals surface area contributed by atoms with Crippen LogP contribution in [0.5, 0.6) is 0 Å². The Morgan fingerprint density at radius 1 is 1.35 bits per heavy atom. The van der Waals surface area contributed by atoms with Gasteiger partial charge in [-0.05, 0) is 26.2 Å². The van der Waals surface area contributed by atoms with Gasteiger partial charge in [-0.3, -0.25) is 4.79 Å². The Bertz CT molecular complexity index is 427. The Hall–Kier alpha value is -1.43. The normalized spacial score (nSPS) is 13.4. The highest BCUT2D eigenvalue weighted by atomic mass is 16.5. The number of hydrogen-bond acceptors (Lipinski definition) is 5. The molecule has 0 saturated heterocycles. The molecular formula is C14H24N2O4. The molecule has 6 heteroatoms. The van der Waals surface area contributed by atoms with Crippen molar-refractivity contribution < 1.29 is 19.2 Å². The molecule has 6 nitrogen and oxygen atoms in total. The third-order valence-corrected chi connectivity index (χ3v) is 3.81. The summed E-state index contributed by atoms with van der Waals surface area (Å²) in [4.78, 5) is 15.8. The summed E-state index contributed by atoms with van der Waals surface area (Å²) in [6.45, 7) is 8.20. The fraction of sp³-hybridized carbons (Fsp3) is 0.786. The van der Waals surface area contributed by atoms with Crippen LogP contribution in [0.3, 0.4) is 0 Å². The molecule has 0 aliphatic rings. The van der Waals surface area contributed by atoms with Crippen LogP contribution >= 0.6 is 0 Å². The van der Waals surface area contributed by atoms with Gasteiger partial charge >= 0.3 is 5.97 Å². The number of carboxylic acids is 1. The van der Waals surface area contributed by atoms with Crippen LogP contribution < -0.4 is 0 Å². The Morgan fingerprint density at radius 2 is 2.00 bits per heavy atom. The molecule has 20 heavy (non-hydrogen) atoms. The van der Waals surface area contributed by atoms with Gasteiger partial charge in [0.15, 0.2) is 0 Å². The molecule has 0 aliphatic heterocycles. The minimum absolute atomic E-state index is 0.194. The number of carbonyl (C=O) groups is 1. The first-order chi connectivity index (χ1) is 9.52. The first-order valence-electron chi connectivity index (χ1n) is 7.20. The predicted molar refractivity (Wildman–Crippen MR) is 73.3 cm³/mol. The number of ether oxygens (including phenoxy) is 1. The van der Waals surface area contributed by atoms with Crippen molar-refractivity contribution in [1.82, 2.24) is 10.1 Å². The van der Waals surface area contributed by atoms with Crippen molar-refractivity contribution in [2.24, 2.45) is 5.41 Å². The summed E-state index contributed by atoms with van der Waals surface area (Å²) < 4.78 is 10.7. The second-order valence-corrected chi connectivity index (χ2v) is 4.87. The van der Waals surface area contributed by atoms with E-state index in [-0.39, 0.29) is 12.5 Å². The van der Waals surface area contributed by atoms with Gasteiger partial charge < -0.3 is 14.4 Å². The maximum absolute atomic E-state index is 11.5. The molecule has 1 atom stereocenters. The highest BCUT2D eigenvalue weighted by molar-refractivity contribution is 5.74. The van der Waals surface area contributed by atoms with Crippen LogP contribution in [0.15, 0.2) is 4.52 Å². The molecule has 1 aromatic rings. The fourth-order valence-corrected chi connectivity index (χ4v) is 2.21. The molecule has 0 amide bonds. The SMILES string of the molecule is CCOC(CC)c1noc(CC(CC)(CC)C(=O)O)n1. The molecule has 0 saturated carbocycles. The van der Waals surface area contributed by atoms with Crippen molar-refractivity contribution in [3.8, 4) is 0 Å². The zero-order chi connectivity index (χ0) is 15.2. The third-order valence-electron chi connectivity index (χ3n) is 3.81. The van der Waals surface area contributed by atoms with E-state index in [1.165, 1.54) is 0 Å². The number of hydrogen-bond donors (Lipinski definition) is 1. The summed E-state index contributed by atoms with van der Waals surface area (Å²) in [5.41, 5.74) is -0.836. The summed E-state index contributed by atoms with van der Waals surface area (Å²) in [5, 5.41) is 13.3. The van der Waals surface area contributed by atoms with E-state index < -0.39 is 11.4 Å². The first kappa shape index (κ1) is 16.6. The number of carboxylic acid groups (broad SMARTS) is 1. The van der Waals surface area contributed by atoms with Crippen LogP contribution in [-0.2, 0) is 16.0 Å².